The van der Waals surface area contributed by atoms with Crippen molar-refractivity contribution in [3.8, 4) is 0 Å². The number of carbonyl (C=O) groups excluding carboxylic acids is 2. The van der Waals surface area contributed by atoms with Crippen molar-refractivity contribution in [2.45, 2.75) is 19.5 Å². The Morgan fingerprint density at radius 1 is 1.32 bits per heavy atom. The van der Waals surface area contributed by atoms with Gasteiger partial charge in [0.25, 0.3) is 5.91 Å². The first-order valence-electron chi connectivity index (χ1n) is 7.29. The zero-order chi connectivity index (χ0) is 15.5. The number of hydrogen-bond donors (Lipinski definition) is 1. The molecule has 0 spiro atoms. The highest BCUT2D eigenvalue weighted by molar-refractivity contribution is 5.97. The van der Waals surface area contributed by atoms with Crippen molar-refractivity contribution in [1.82, 2.24) is 20.0 Å². The molecule has 0 bridgehead atoms. The van der Waals surface area contributed by atoms with Gasteiger partial charge in [-0.2, -0.15) is 5.10 Å². The fourth-order valence-electron chi connectivity index (χ4n) is 2.70. The van der Waals surface area contributed by atoms with Gasteiger partial charge in [0.15, 0.2) is 0 Å². The van der Waals surface area contributed by atoms with Gasteiger partial charge in [0.05, 0.1) is 11.8 Å². The molecule has 0 saturated carbocycles. The van der Waals surface area contributed by atoms with Gasteiger partial charge in [0.2, 0.25) is 5.91 Å². The van der Waals surface area contributed by atoms with Crippen LogP contribution in [0, 0.1) is 0 Å². The van der Waals surface area contributed by atoms with Crippen LogP contribution in [-0.4, -0.2) is 50.9 Å². The summed E-state index contributed by atoms with van der Waals surface area (Å²) in [5.41, 5.74) is 1.58. The highest BCUT2D eigenvalue weighted by atomic mass is 16.2. The molecule has 1 atom stereocenters. The molecule has 1 saturated heterocycles. The molecular weight excluding hydrogens is 280 g/mol. The lowest BCUT2D eigenvalue weighted by Gasteiger charge is -2.39. The molecule has 2 aromatic rings. The molecule has 1 aromatic heterocycles. The number of nitrogens with one attached hydrogen (secondary N) is 1. The van der Waals surface area contributed by atoms with Crippen molar-refractivity contribution < 1.29 is 9.59 Å². The number of nitrogens with zero attached hydrogens (tertiary/aromatic N) is 3. The lowest BCUT2D eigenvalue weighted by Crippen LogP contribution is -2.57. The second-order valence-corrected chi connectivity index (χ2v) is 5.41. The lowest BCUT2D eigenvalue weighted by atomic mass is 10.1. The number of piperazine rings is 1. The van der Waals surface area contributed by atoms with Crippen LogP contribution in [0.4, 0.5) is 0 Å². The minimum Gasteiger partial charge on any atom is -0.335 e. The quantitative estimate of drug-likeness (QED) is 0.928. The molecule has 1 fully saturated rings. The van der Waals surface area contributed by atoms with Gasteiger partial charge >= 0.3 is 0 Å². The number of H-pyrrole nitrogens is 1. The van der Waals surface area contributed by atoms with Crippen molar-refractivity contribution in [2.75, 3.05) is 13.1 Å². The molecule has 1 aliphatic rings. The van der Waals surface area contributed by atoms with Crippen LogP contribution < -0.4 is 0 Å². The third kappa shape index (κ3) is 2.72. The van der Waals surface area contributed by atoms with Crippen LogP contribution in [0.5, 0.6) is 0 Å². The Bertz CT molecular complexity index is 654. The van der Waals surface area contributed by atoms with Crippen LogP contribution in [-0.2, 0) is 11.3 Å². The Kier molecular flexibility index (Phi) is 3.91. The van der Waals surface area contributed by atoms with Crippen LogP contribution in [0.3, 0.4) is 0 Å². The lowest BCUT2D eigenvalue weighted by molar-refractivity contribution is -0.140. The number of aromatic amines is 1. The molecular formula is C16H18N4O2. The van der Waals surface area contributed by atoms with E-state index in [0.717, 1.165) is 5.56 Å². The molecule has 0 aliphatic carbocycles. The van der Waals surface area contributed by atoms with Gasteiger partial charge in [0.1, 0.15) is 6.04 Å². The minimum atomic E-state index is -0.458. The smallest absolute Gasteiger partial charge is 0.257 e. The summed E-state index contributed by atoms with van der Waals surface area (Å²) >= 11 is 0. The summed E-state index contributed by atoms with van der Waals surface area (Å²) in [6, 6.07) is 9.42. The third-order valence-electron chi connectivity index (χ3n) is 3.97. The molecule has 22 heavy (non-hydrogen) atoms. The molecule has 0 radical (unpaired) electrons. The van der Waals surface area contributed by atoms with Crippen molar-refractivity contribution in [3.63, 3.8) is 0 Å². The summed E-state index contributed by atoms with van der Waals surface area (Å²) < 4.78 is 0. The number of carbonyl (C=O) groups is 2. The SMILES string of the molecule is C[C@H]1C(=O)N(Cc2ccccc2)CCN1C(=O)c1cn[nH]c1. The summed E-state index contributed by atoms with van der Waals surface area (Å²) in [5.74, 6) is -0.180. The van der Waals surface area contributed by atoms with Crippen LogP contribution in [0.25, 0.3) is 0 Å². The van der Waals surface area contributed by atoms with E-state index in [1.54, 1.807) is 22.9 Å². The van der Waals surface area contributed by atoms with Gasteiger partial charge in [0, 0.05) is 25.8 Å². The molecule has 0 unspecified atom stereocenters. The number of benzene rings is 1. The van der Waals surface area contributed by atoms with Crippen LogP contribution in [0.1, 0.15) is 22.8 Å². The predicted molar refractivity (Wildman–Crippen MR) is 80.9 cm³/mol. The van der Waals surface area contributed by atoms with Crippen molar-refractivity contribution >= 4 is 11.8 Å². The zero-order valence-electron chi connectivity index (χ0n) is 12.4. The third-order valence-corrected chi connectivity index (χ3v) is 3.97. The van der Waals surface area contributed by atoms with E-state index in [2.05, 4.69) is 10.2 Å². The van der Waals surface area contributed by atoms with E-state index in [0.29, 0.717) is 25.2 Å². The van der Waals surface area contributed by atoms with Gasteiger partial charge in [-0.05, 0) is 12.5 Å². The monoisotopic (exact) mass is 298 g/mol. The molecule has 2 amide bonds. The average Bonchev–Trinajstić information content (AvgIpc) is 3.07. The summed E-state index contributed by atoms with van der Waals surface area (Å²) in [6.45, 7) is 3.43. The molecule has 1 N–H and O–H groups in total. The van der Waals surface area contributed by atoms with E-state index >= 15 is 0 Å². The summed E-state index contributed by atoms with van der Waals surface area (Å²) in [4.78, 5) is 28.3. The number of rotatable bonds is 3. The molecule has 6 nitrogen and oxygen atoms in total. The van der Waals surface area contributed by atoms with Gasteiger partial charge < -0.3 is 9.80 Å². The molecule has 2 heterocycles. The summed E-state index contributed by atoms with van der Waals surface area (Å²) in [7, 11) is 0. The Morgan fingerprint density at radius 3 is 2.77 bits per heavy atom. The maximum atomic E-state index is 12.5. The Hall–Kier alpha value is -2.63. The van der Waals surface area contributed by atoms with E-state index in [-0.39, 0.29) is 11.8 Å². The summed E-state index contributed by atoms with van der Waals surface area (Å²) in [6.07, 6.45) is 3.03. The maximum absolute atomic E-state index is 12.5. The molecule has 1 aliphatic heterocycles. The molecule has 1 aromatic carbocycles. The van der Waals surface area contributed by atoms with Crippen molar-refractivity contribution in [2.24, 2.45) is 0 Å². The highest BCUT2D eigenvalue weighted by Crippen LogP contribution is 2.17. The topological polar surface area (TPSA) is 69.3 Å². The largest absolute Gasteiger partial charge is 0.335 e. The first-order valence-corrected chi connectivity index (χ1v) is 7.29. The summed E-state index contributed by atoms with van der Waals surface area (Å²) in [5, 5.41) is 6.41. The minimum absolute atomic E-state index is 0.0213. The Morgan fingerprint density at radius 2 is 2.09 bits per heavy atom. The van der Waals surface area contributed by atoms with E-state index in [1.165, 1.54) is 6.20 Å². The van der Waals surface area contributed by atoms with Crippen molar-refractivity contribution in [3.05, 3.63) is 53.9 Å². The fraction of sp³-hybridized carbons (Fsp3) is 0.312. The number of aromatic nitrogens is 2. The molecule has 3 rings (SSSR count). The number of amides is 2. The van der Waals surface area contributed by atoms with E-state index in [1.807, 2.05) is 30.3 Å². The van der Waals surface area contributed by atoms with Gasteiger partial charge in [-0.15, -0.1) is 0 Å². The number of hydrogen-bond acceptors (Lipinski definition) is 3. The van der Waals surface area contributed by atoms with Crippen LogP contribution in [0.15, 0.2) is 42.7 Å². The van der Waals surface area contributed by atoms with Crippen molar-refractivity contribution in [1.29, 1.82) is 0 Å². The van der Waals surface area contributed by atoms with Gasteiger partial charge in [-0.25, -0.2) is 0 Å². The highest BCUT2D eigenvalue weighted by Gasteiger charge is 2.34. The average molecular weight is 298 g/mol. The van der Waals surface area contributed by atoms with Crippen LogP contribution in [0.2, 0.25) is 0 Å². The second-order valence-electron chi connectivity index (χ2n) is 5.41. The standard InChI is InChI=1S/C16H18N4O2/c1-12-15(21)19(11-13-5-3-2-4-6-13)7-8-20(12)16(22)14-9-17-18-10-14/h2-6,9-10,12H,7-8,11H2,1H3,(H,17,18)/t12-/m0/s1. The van der Waals surface area contributed by atoms with Crippen LogP contribution >= 0.6 is 0 Å². The van der Waals surface area contributed by atoms with E-state index in [4.69, 9.17) is 0 Å². The molecule has 114 valence electrons. The normalized spacial score (nSPS) is 18.6. The van der Waals surface area contributed by atoms with Gasteiger partial charge in [-0.3, -0.25) is 14.7 Å². The maximum Gasteiger partial charge on any atom is 0.257 e. The van der Waals surface area contributed by atoms with E-state index < -0.39 is 6.04 Å². The predicted octanol–water partition coefficient (Wildman–Crippen LogP) is 1.28. The van der Waals surface area contributed by atoms with Gasteiger partial charge in [-0.1, -0.05) is 30.3 Å². The first kappa shape index (κ1) is 14.3. The van der Waals surface area contributed by atoms with E-state index in [9.17, 15) is 9.59 Å². The zero-order valence-corrected chi connectivity index (χ0v) is 12.4. The Balaban J connectivity index is 1.69. The fourth-order valence-corrected chi connectivity index (χ4v) is 2.70. The second kappa shape index (κ2) is 6.01. The molecule has 6 heteroatoms. The Labute approximate surface area is 128 Å². The first-order chi connectivity index (χ1) is 10.7.